The lowest BCUT2D eigenvalue weighted by molar-refractivity contribution is 0.442. The predicted octanol–water partition coefficient (Wildman–Crippen LogP) is 3.40. The molecule has 15 heavy (non-hydrogen) atoms. The maximum Gasteiger partial charge on any atom is 0.123 e. The number of aromatic hydroxyl groups is 1. The smallest absolute Gasteiger partial charge is 0.123 e. The Morgan fingerprint density at radius 2 is 2.00 bits per heavy atom. The van der Waals surface area contributed by atoms with Crippen LogP contribution >= 0.6 is 11.6 Å². The van der Waals surface area contributed by atoms with Crippen LogP contribution in [0.5, 0.6) is 5.75 Å². The van der Waals surface area contributed by atoms with E-state index >= 15 is 0 Å². The number of phenolic OH excluding ortho intramolecular Hbond substituents is 1. The summed E-state index contributed by atoms with van der Waals surface area (Å²) in [5.74, 6) is 0.770. The van der Waals surface area contributed by atoms with Crippen molar-refractivity contribution in [3.05, 3.63) is 28.3 Å². The average Bonchev–Trinajstić information content (AvgIpc) is 2.09. The number of rotatable bonds is 3. The zero-order valence-electron chi connectivity index (χ0n) is 9.42. The molecule has 84 valence electrons. The first-order valence-corrected chi connectivity index (χ1v) is 5.54. The van der Waals surface area contributed by atoms with Gasteiger partial charge in [0.25, 0.3) is 0 Å². The summed E-state index contributed by atoms with van der Waals surface area (Å²) in [7, 11) is 0. The lowest BCUT2D eigenvalue weighted by Crippen LogP contribution is -2.13. The van der Waals surface area contributed by atoms with Crippen molar-refractivity contribution < 1.29 is 5.11 Å². The van der Waals surface area contributed by atoms with Gasteiger partial charge in [0.2, 0.25) is 0 Å². The highest BCUT2D eigenvalue weighted by Crippen LogP contribution is 2.32. The molecular weight excluding hydrogens is 210 g/mol. The van der Waals surface area contributed by atoms with Gasteiger partial charge in [0.15, 0.2) is 0 Å². The number of phenols is 1. The van der Waals surface area contributed by atoms with E-state index in [-0.39, 0.29) is 11.8 Å². The summed E-state index contributed by atoms with van der Waals surface area (Å²) in [6.07, 6.45) is 0.841. The molecule has 1 rings (SSSR count). The van der Waals surface area contributed by atoms with Crippen LogP contribution in [0.3, 0.4) is 0 Å². The fraction of sp³-hybridized carbons (Fsp3) is 0.500. The molecule has 0 amide bonds. The minimum absolute atomic E-state index is 0.151. The lowest BCUT2D eigenvalue weighted by atomic mass is 9.96. The summed E-state index contributed by atoms with van der Waals surface area (Å²) in [6, 6.07) is 3.33. The molecule has 0 fully saturated rings. The van der Waals surface area contributed by atoms with Crippen molar-refractivity contribution in [2.24, 2.45) is 11.7 Å². The van der Waals surface area contributed by atoms with Crippen molar-refractivity contribution in [2.75, 3.05) is 0 Å². The van der Waals surface area contributed by atoms with Crippen LogP contribution in [0.15, 0.2) is 12.1 Å². The van der Waals surface area contributed by atoms with Crippen LogP contribution in [0.4, 0.5) is 0 Å². The highest BCUT2D eigenvalue weighted by Gasteiger charge is 2.14. The van der Waals surface area contributed by atoms with Crippen molar-refractivity contribution in [3.63, 3.8) is 0 Å². The Morgan fingerprint density at radius 1 is 1.40 bits per heavy atom. The minimum atomic E-state index is -0.151. The van der Waals surface area contributed by atoms with Gasteiger partial charge in [-0.3, -0.25) is 0 Å². The molecule has 1 atom stereocenters. The van der Waals surface area contributed by atoms with Crippen molar-refractivity contribution in [1.82, 2.24) is 0 Å². The molecule has 0 radical (unpaired) electrons. The van der Waals surface area contributed by atoms with Gasteiger partial charge in [-0.05, 0) is 37.0 Å². The van der Waals surface area contributed by atoms with Gasteiger partial charge in [-0.2, -0.15) is 0 Å². The molecule has 0 aliphatic rings. The Bertz CT molecular complexity index is 350. The third kappa shape index (κ3) is 3.11. The van der Waals surface area contributed by atoms with Gasteiger partial charge >= 0.3 is 0 Å². The number of halogens is 1. The normalized spacial score (nSPS) is 13.2. The highest BCUT2D eigenvalue weighted by atomic mass is 35.5. The zero-order valence-corrected chi connectivity index (χ0v) is 10.2. The average molecular weight is 228 g/mol. The van der Waals surface area contributed by atoms with Gasteiger partial charge in [0.05, 0.1) is 0 Å². The van der Waals surface area contributed by atoms with Crippen LogP contribution in [0.1, 0.15) is 37.4 Å². The van der Waals surface area contributed by atoms with Gasteiger partial charge < -0.3 is 10.8 Å². The molecule has 0 unspecified atom stereocenters. The van der Waals surface area contributed by atoms with E-state index in [1.807, 2.05) is 6.92 Å². The summed E-state index contributed by atoms with van der Waals surface area (Å²) in [5, 5.41) is 10.5. The number of aryl methyl sites for hydroxylation is 1. The van der Waals surface area contributed by atoms with Gasteiger partial charge in [-0.1, -0.05) is 25.4 Å². The number of hydrogen-bond acceptors (Lipinski definition) is 2. The standard InChI is InChI=1S/C12H18ClNO/c1-7(2)4-11(14)10-6-9(13)5-8(3)12(10)15/h5-7,11,15H,4,14H2,1-3H3/t11-/m1/s1. The van der Waals surface area contributed by atoms with Crippen LogP contribution in [0.2, 0.25) is 5.02 Å². The molecule has 2 nitrogen and oxygen atoms in total. The molecule has 3 heteroatoms. The van der Waals surface area contributed by atoms with E-state index < -0.39 is 0 Å². The van der Waals surface area contributed by atoms with Crippen LogP contribution in [0, 0.1) is 12.8 Å². The monoisotopic (exact) mass is 227 g/mol. The van der Waals surface area contributed by atoms with E-state index in [4.69, 9.17) is 17.3 Å². The SMILES string of the molecule is Cc1cc(Cl)cc([C@H](N)CC(C)C)c1O. The maximum atomic E-state index is 9.87. The van der Waals surface area contributed by atoms with Crippen molar-refractivity contribution in [2.45, 2.75) is 33.2 Å². The van der Waals surface area contributed by atoms with Crippen LogP contribution < -0.4 is 5.73 Å². The largest absolute Gasteiger partial charge is 0.507 e. The molecule has 0 aromatic heterocycles. The molecule has 0 bridgehead atoms. The van der Waals surface area contributed by atoms with Gasteiger partial charge in [-0.15, -0.1) is 0 Å². The molecule has 1 aromatic carbocycles. The first-order valence-electron chi connectivity index (χ1n) is 5.16. The molecule has 0 spiro atoms. The zero-order chi connectivity index (χ0) is 11.6. The predicted molar refractivity (Wildman–Crippen MR) is 64.2 cm³/mol. The summed E-state index contributed by atoms with van der Waals surface area (Å²) in [5.41, 5.74) is 7.53. The van der Waals surface area contributed by atoms with E-state index in [0.717, 1.165) is 17.5 Å². The van der Waals surface area contributed by atoms with E-state index in [1.54, 1.807) is 12.1 Å². The minimum Gasteiger partial charge on any atom is -0.507 e. The highest BCUT2D eigenvalue weighted by molar-refractivity contribution is 6.30. The second kappa shape index (κ2) is 4.86. The van der Waals surface area contributed by atoms with Crippen LogP contribution in [-0.4, -0.2) is 5.11 Å². The van der Waals surface area contributed by atoms with Gasteiger partial charge in [-0.25, -0.2) is 0 Å². The van der Waals surface area contributed by atoms with E-state index in [0.29, 0.717) is 10.9 Å². The Balaban J connectivity index is 3.02. The number of nitrogens with two attached hydrogens (primary N) is 1. The second-order valence-electron chi connectivity index (χ2n) is 4.40. The number of hydrogen-bond donors (Lipinski definition) is 2. The van der Waals surface area contributed by atoms with Crippen LogP contribution in [-0.2, 0) is 0 Å². The summed E-state index contributed by atoms with van der Waals surface area (Å²) in [4.78, 5) is 0. The molecule has 0 aliphatic carbocycles. The Kier molecular flexibility index (Phi) is 4.00. The molecular formula is C12H18ClNO. The Morgan fingerprint density at radius 3 is 2.53 bits per heavy atom. The third-order valence-electron chi connectivity index (χ3n) is 2.42. The quantitative estimate of drug-likeness (QED) is 0.832. The van der Waals surface area contributed by atoms with E-state index in [9.17, 15) is 5.11 Å². The van der Waals surface area contributed by atoms with Crippen molar-refractivity contribution in [1.29, 1.82) is 0 Å². The molecule has 0 saturated heterocycles. The summed E-state index contributed by atoms with van der Waals surface area (Å²) >= 11 is 5.94. The Hall–Kier alpha value is -0.730. The van der Waals surface area contributed by atoms with E-state index in [1.165, 1.54) is 0 Å². The fourth-order valence-electron chi connectivity index (χ4n) is 1.68. The first kappa shape index (κ1) is 12.3. The molecule has 0 aliphatic heterocycles. The first-order chi connectivity index (χ1) is 6.91. The fourth-order valence-corrected chi connectivity index (χ4v) is 1.96. The topological polar surface area (TPSA) is 46.2 Å². The molecule has 1 aromatic rings. The maximum absolute atomic E-state index is 9.87. The summed E-state index contributed by atoms with van der Waals surface area (Å²) < 4.78 is 0. The third-order valence-corrected chi connectivity index (χ3v) is 2.64. The molecule has 0 saturated carbocycles. The summed E-state index contributed by atoms with van der Waals surface area (Å²) in [6.45, 7) is 6.04. The molecule has 3 N–H and O–H groups in total. The van der Waals surface area contributed by atoms with E-state index in [2.05, 4.69) is 13.8 Å². The van der Waals surface area contributed by atoms with Gasteiger partial charge in [0.1, 0.15) is 5.75 Å². The van der Waals surface area contributed by atoms with Gasteiger partial charge in [0, 0.05) is 16.6 Å². The van der Waals surface area contributed by atoms with Crippen molar-refractivity contribution in [3.8, 4) is 5.75 Å². The molecule has 0 heterocycles. The van der Waals surface area contributed by atoms with Crippen LogP contribution in [0.25, 0.3) is 0 Å². The second-order valence-corrected chi connectivity index (χ2v) is 4.83. The number of benzene rings is 1. The lowest BCUT2D eigenvalue weighted by Gasteiger charge is -2.17. The Labute approximate surface area is 96.1 Å². The van der Waals surface area contributed by atoms with Crippen molar-refractivity contribution >= 4 is 11.6 Å².